The number of carbonyl (C=O) groups is 1. The molecule has 4 nitrogen and oxygen atoms in total. The molecule has 0 radical (unpaired) electrons. The van der Waals surface area contributed by atoms with E-state index >= 15 is 0 Å². The number of carboxylic acids is 1. The van der Waals surface area contributed by atoms with E-state index in [-0.39, 0.29) is 0 Å². The maximum atomic E-state index is 11.6. The average molecular weight is 308 g/mol. The van der Waals surface area contributed by atoms with Gasteiger partial charge in [-0.25, -0.2) is 4.79 Å². The summed E-state index contributed by atoms with van der Waals surface area (Å²) in [4.78, 5) is 17.1. The van der Waals surface area contributed by atoms with Gasteiger partial charge in [-0.15, -0.1) is 11.8 Å². The van der Waals surface area contributed by atoms with Gasteiger partial charge in [0.1, 0.15) is 0 Å². The number of nitrogens with zero attached hydrogens (tertiary/aromatic N) is 2. The SMILES string of the molecule is CSc1cccc(N2CCN(CC(C)C)CC2)c1C(=O)O. The molecule has 2 rings (SSSR count). The molecule has 1 saturated heterocycles. The maximum Gasteiger partial charge on any atom is 0.338 e. The summed E-state index contributed by atoms with van der Waals surface area (Å²) in [5, 5.41) is 9.53. The Hall–Kier alpha value is -1.20. The van der Waals surface area contributed by atoms with Crippen LogP contribution in [0.2, 0.25) is 0 Å². The number of anilines is 1. The Morgan fingerprint density at radius 2 is 1.95 bits per heavy atom. The standard InChI is InChI=1S/C16H24N2O2S/c1-12(2)11-17-7-9-18(10-8-17)13-5-4-6-14(21-3)15(13)16(19)20/h4-6,12H,7-11H2,1-3H3,(H,19,20). The summed E-state index contributed by atoms with van der Waals surface area (Å²) in [5.74, 6) is -0.162. The minimum absolute atomic E-state index is 0.447. The zero-order valence-electron chi connectivity index (χ0n) is 13.0. The van der Waals surface area contributed by atoms with E-state index in [0.29, 0.717) is 11.5 Å². The molecule has 0 amide bonds. The number of rotatable bonds is 5. The van der Waals surface area contributed by atoms with Crippen LogP contribution in [0.25, 0.3) is 0 Å². The number of hydrogen-bond acceptors (Lipinski definition) is 4. The third-order valence-electron chi connectivity index (χ3n) is 3.77. The third-order valence-corrected chi connectivity index (χ3v) is 4.55. The van der Waals surface area contributed by atoms with Crippen LogP contribution in [-0.4, -0.2) is 55.0 Å². The zero-order chi connectivity index (χ0) is 15.4. The third kappa shape index (κ3) is 3.92. The van der Waals surface area contributed by atoms with Gasteiger partial charge < -0.3 is 10.0 Å². The highest BCUT2D eigenvalue weighted by Crippen LogP contribution is 2.30. The maximum absolute atomic E-state index is 11.6. The molecule has 1 fully saturated rings. The molecule has 1 N–H and O–H groups in total. The molecule has 0 unspecified atom stereocenters. The summed E-state index contributed by atoms with van der Waals surface area (Å²) in [5.41, 5.74) is 1.31. The van der Waals surface area contributed by atoms with Crippen LogP contribution in [0.4, 0.5) is 5.69 Å². The number of carboxylic acid groups (broad SMARTS) is 1. The Morgan fingerprint density at radius 1 is 1.29 bits per heavy atom. The molecule has 0 bridgehead atoms. The van der Waals surface area contributed by atoms with E-state index in [1.165, 1.54) is 11.8 Å². The molecule has 21 heavy (non-hydrogen) atoms. The van der Waals surface area contributed by atoms with Gasteiger partial charge >= 0.3 is 5.97 Å². The quantitative estimate of drug-likeness (QED) is 0.847. The first-order valence-corrected chi connectivity index (χ1v) is 8.63. The number of hydrogen-bond donors (Lipinski definition) is 1. The molecule has 116 valence electrons. The Balaban J connectivity index is 2.15. The molecule has 1 aliphatic heterocycles. The molecule has 5 heteroatoms. The molecule has 1 aromatic carbocycles. The fourth-order valence-electron chi connectivity index (χ4n) is 2.86. The Bertz CT molecular complexity index is 497. The lowest BCUT2D eigenvalue weighted by molar-refractivity contribution is 0.0693. The normalized spacial score (nSPS) is 16.5. The van der Waals surface area contributed by atoms with Crippen molar-refractivity contribution in [2.45, 2.75) is 18.7 Å². The zero-order valence-corrected chi connectivity index (χ0v) is 13.8. The summed E-state index contributed by atoms with van der Waals surface area (Å²) in [6.45, 7) is 9.37. The van der Waals surface area contributed by atoms with Crippen molar-refractivity contribution in [3.05, 3.63) is 23.8 Å². The smallest absolute Gasteiger partial charge is 0.338 e. The van der Waals surface area contributed by atoms with Crippen molar-refractivity contribution >= 4 is 23.4 Å². The molecule has 0 aliphatic carbocycles. The molecule has 1 aliphatic rings. The summed E-state index contributed by atoms with van der Waals surface area (Å²) in [6, 6.07) is 5.77. The Kier molecular flexibility index (Phi) is 5.53. The van der Waals surface area contributed by atoms with Crippen LogP contribution in [0.15, 0.2) is 23.1 Å². The molecule has 0 aromatic heterocycles. The van der Waals surface area contributed by atoms with Gasteiger partial charge in [0.15, 0.2) is 0 Å². The summed E-state index contributed by atoms with van der Waals surface area (Å²) in [7, 11) is 0. The van der Waals surface area contributed by atoms with Crippen molar-refractivity contribution in [3.63, 3.8) is 0 Å². The van der Waals surface area contributed by atoms with Gasteiger partial charge in [0.25, 0.3) is 0 Å². The first kappa shape index (κ1) is 16.2. The molecule has 1 aromatic rings. The molecule has 0 saturated carbocycles. The molecule has 1 heterocycles. The minimum atomic E-state index is -0.834. The van der Waals surface area contributed by atoms with E-state index < -0.39 is 5.97 Å². The van der Waals surface area contributed by atoms with Crippen molar-refractivity contribution in [2.75, 3.05) is 43.9 Å². The predicted octanol–water partition coefficient (Wildman–Crippen LogP) is 2.88. The average Bonchev–Trinajstić information content (AvgIpc) is 2.46. The van der Waals surface area contributed by atoms with Crippen LogP contribution in [0.5, 0.6) is 0 Å². The fraction of sp³-hybridized carbons (Fsp3) is 0.562. The van der Waals surface area contributed by atoms with Crippen molar-refractivity contribution in [1.29, 1.82) is 0 Å². The van der Waals surface area contributed by atoms with Crippen molar-refractivity contribution in [2.24, 2.45) is 5.92 Å². The lowest BCUT2D eigenvalue weighted by atomic mass is 10.1. The predicted molar refractivity (Wildman–Crippen MR) is 88.7 cm³/mol. The first-order valence-electron chi connectivity index (χ1n) is 7.40. The van der Waals surface area contributed by atoms with Crippen LogP contribution < -0.4 is 4.90 Å². The number of piperazine rings is 1. The Morgan fingerprint density at radius 3 is 2.48 bits per heavy atom. The highest BCUT2D eigenvalue weighted by Gasteiger charge is 2.23. The van der Waals surface area contributed by atoms with E-state index in [1.54, 1.807) is 0 Å². The Labute approximate surface area is 131 Å². The van der Waals surface area contributed by atoms with Gasteiger partial charge in [0.05, 0.1) is 11.3 Å². The van der Waals surface area contributed by atoms with Gasteiger partial charge in [-0.05, 0) is 24.3 Å². The van der Waals surface area contributed by atoms with E-state index in [1.807, 2.05) is 24.5 Å². The lowest BCUT2D eigenvalue weighted by Crippen LogP contribution is -2.47. The fourth-order valence-corrected chi connectivity index (χ4v) is 3.47. The molecule has 0 spiro atoms. The van der Waals surface area contributed by atoms with Crippen LogP contribution in [0, 0.1) is 5.92 Å². The second kappa shape index (κ2) is 7.18. The lowest BCUT2D eigenvalue weighted by Gasteiger charge is -2.37. The highest BCUT2D eigenvalue weighted by atomic mass is 32.2. The van der Waals surface area contributed by atoms with Gasteiger partial charge in [-0.3, -0.25) is 4.90 Å². The summed E-state index contributed by atoms with van der Waals surface area (Å²) in [6.07, 6.45) is 1.92. The largest absolute Gasteiger partial charge is 0.478 e. The number of aromatic carboxylic acids is 1. The van der Waals surface area contributed by atoms with E-state index in [0.717, 1.165) is 43.3 Å². The van der Waals surface area contributed by atoms with Crippen molar-refractivity contribution in [3.8, 4) is 0 Å². The van der Waals surface area contributed by atoms with E-state index in [4.69, 9.17) is 0 Å². The van der Waals surface area contributed by atoms with Gasteiger partial charge in [0, 0.05) is 37.6 Å². The van der Waals surface area contributed by atoms with E-state index in [2.05, 4.69) is 23.6 Å². The topological polar surface area (TPSA) is 43.8 Å². The van der Waals surface area contributed by atoms with Crippen LogP contribution in [0.3, 0.4) is 0 Å². The van der Waals surface area contributed by atoms with Gasteiger partial charge in [0.2, 0.25) is 0 Å². The summed E-state index contributed by atoms with van der Waals surface area (Å²) >= 11 is 1.49. The van der Waals surface area contributed by atoms with E-state index in [9.17, 15) is 9.90 Å². The first-order chi connectivity index (χ1) is 10.0. The highest BCUT2D eigenvalue weighted by molar-refractivity contribution is 7.98. The monoisotopic (exact) mass is 308 g/mol. The number of thioether (sulfide) groups is 1. The van der Waals surface area contributed by atoms with Crippen molar-refractivity contribution in [1.82, 2.24) is 4.90 Å². The molecular formula is C16H24N2O2S. The van der Waals surface area contributed by atoms with Gasteiger partial charge in [-0.1, -0.05) is 19.9 Å². The number of benzene rings is 1. The summed E-state index contributed by atoms with van der Waals surface area (Å²) < 4.78 is 0. The van der Waals surface area contributed by atoms with Crippen LogP contribution in [-0.2, 0) is 0 Å². The minimum Gasteiger partial charge on any atom is -0.478 e. The van der Waals surface area contributed by atoms with Crippen molar-refractivity contribution < 1.29 is 9.90 Å². The van der Waals surface area contributed by atoms with Crippen LogP contribution in [0.1, 0.15) is 24.2 Å². The molecular weight excluding hydrogens is 284 g/mol. The second-order valence-corrected chi connectivity index (χ2v) is 6.69. The molecule has 0 atom stereocenters. The van der Waals surface area contributed by atoms with Gasteiger partial charge in [-0.2, -0.15) is 0 Å². The second-order valence-electron chi connectivity index (χ2n) is 5.84. The van der Waals surface area contributed by atoms with Crippen LogP contribution >= 0.6 is 11.8 Å².